The van der Waals surface area contributed by atoms with Crippen molar-refractivity contribution < 1.29 is 14.3 Å². The summed E-state index contributed by atoms with van der Waals surface area (Å²) >= 11 is 0. The zero-order chi connectivity index (χ0) is 26.1. The number of nitrogens with two attached hydrogens (primary N) is 1. The van der Waals surface area contributed by atoms with Gasteiger partial charge in [0, 0.05) is 26.1 Å². The van der Waals surface area contributed by atoms with E-state index in [4.69, 9.17) is 10.5 Å². The summed E-state index contributed by atoms with van der Waals surface area (Å²) in [5.41, 5.74) is 6.23. The summed E-state index contributed by atoms with van der Waals surface area (Å²) in [5.74, 6) is 0.524. The Morgan fingerprint density at radius 2 is 1.25 bits per heavy atom. The van der Waals surface area contributed by atoms with Crippen LogP contribution in [0.3, 0.4) is 0 Å². The van der Waals surface area contributed by atoms with Gasteiger partial charge in [-0.3, -0.25) is 4.79 Å². The SMILES string of the molecule is CCCCCCCCCCCCCCCCCCNC(=O)CCc1ccccc1OC(=O)NCCN. The third kappa shape index (κ3) is 18.2. The van der Waals surface area contributed by atoms with Crippen molar-refractivity contribution in [1.82, 2.24) is 10.6 Å². The van der Waals surface area contributed by atoms with E-state index in [-0.39, 0.29) is 5.91 Å². The summed E-state index contributed by atoms with van der Waals surface area (Å²) in [7, 11) is 0. The van der Waals surface area contributed by atoms with E-state index in [0.717, 1.165) is 18.5 Å². The van der Waals surface area contributed by atoms with Crippen molar-refractivity contribution in [3.05, 3.63) is 29.8 Å². The second kappa shape index (κ2) is 23.3. The van der Waals surface area contributed by atoms with Crippen LogP contribution >= 0.6 is 0 Å². The van der Waals surface area contributed by atoms with Crippen LogP contribution in [0.4, 0.5) is 4.79 Å². The molecule has 0 spiro atoms. The van der Waals surface area contributed by atoms with Crippen LogP contribution in [0.25, 0.3) is 0 Å². The number of hydrogen-bond donors (Lipinski definition) is 3. The van der Waals surface area contributed by atoms with Crippen LogP contribution in [0.5, 0.6) is 5.75 Å². The number of unbranched alkanes of at least 4 members (excludes halogenated alkanes) is 15. The van der Waals surface area contributed by atoms with Crippen LogP contribution in [-0.2, 0) is 11.2 Å². The minimum atomic E-state index is -0.527. The lowest BCUT2D eigenvalue weighted by atomic mass is 10.0. The van der Waals surface area contributed by atoms with Gasteiger partial charge in [0.15, 0.2) is 0 Å². The number of carbonyl (C=O) groups excluding carboxylic acids is 2. The molecule has 0 aliphatic heterocycles. The molecule has 0 aromatic heterocycles. The van der Waals surface area contributed by atoms with Crippen LogP contribution in [0, 0.1) is 0 Å². The fraction of sp³-hybridized carbons (Fsp3) is 0.733. The second-order valence-electron chi connectivity index (χ2n) is 9.87. The average molecular weight is 504 g/mol. The molecule has 0 bridgehead atoms. The molecule has 1 aromatic rings. The van der Waals surface area contributed by atoms with Gasteiger partial charge >= 0.3 is 6.09 Å². The van der Waals surface area contributed by atoms with E-state index in [1.165, 1.54) is 96.3 Å². The van der Waals surface area contributed by atoms with Crippen LogP contribution in [0.2, 0.25) is 0 Å². The first-order valence-electron chi connectivity index (χ1n) is 14.7. The number of amides is 2. The molecule has 0 heterocycles. The highest BCUT2D eigenvalue weighted by molar-refractivity contribution is 5.76. The lowest BCUT2D eigenvalue weighted by Crippen LogP contribution is -2.31. The molecular formula is C30H53N3O3. The summed E-state index contributed by atoms with van der Waals surface area (Å²) in [6.45, 7) is 3.73. The van der Waals surface area contributed by atoms with Gasteiger partial charge in [0.05, 0.1) is 0 Å². The van der Waals surface area contributed by atoms with E-state index >= 15 is 0 Å². The molecule has 0 radical (unpaired) electrons. The Morgan fingerprint density at radius 1 is 0.722 bits per heavy atom. The Bertz CT molecular complexity index is 681. The Morgan fingerprint density at radius 3 is 1.81 bits per heavy atom. The first-order chi connectivity index (χ1) is 17.7. The first kappa shape index (κ1) is 31.9. The summed E-state index contributed by atoms with van der Waals surface area (Å²) < 4.78 is 5.34. The molecule has 6 nitrogen and oxygen atoms in total. The Hall–Kier alpha value is -2.08. The number of ether oxygens (including phenoxy) is 1. The smallest absolute Gasteiger partial charge is 0.410 e. The van der Waals surface area contributed by atoms with Gasteiger partial charge in [-0.2, -0.15) is 0 Å². The van der Waals surface area contributed by atoms with Crippen molar-refractivity contribution in [2.24, 2.45) is 5.73 Å². The number of hydrogen-bond acceptors (Lipinski definition) is 4. The van der Waals surface area contributed by atoms with E-state index in [0.29, 0.717) is 31.7 Å². The van der Waals surface area contributed by atoms with Crippen LogP contribution < -0.4 is 21.1 Å². The molecule has 0 saturated heterocycles. The Labute approximate surface area is 220 Å². The van der Waals surface area contributed by atoms with Crippen molar-refractivity contribution in [2.45, 2.75) is 122 Å². The predicted octanol–water partition coefficient (Wildman–Crippen LogP) is 7.04. The molecule has 6 heteroatoms. The normalized spacial score (nSPS) is 10.8. The van der Waals surface area contributed by atoms with Gasteiger partial charge in [0.2, 0.25) is 5.91 Å². The maximum Gasteiger partial charge on any atom is 0.412 e. The maximum absolute atomic E-state index is 12.2. The number of rotatable bonds is 23. The minimum Gasteiger partial charge on any atom is -0.410 e. The van der Waals surface area contributed by atoms with Gasteiger partial charge in [-0.1, -0.05) is 121 Å². The van der Waals surface area contributed by atoms with Crippen molar-refractivity contribution in [3.8, 4) is 5.75 Å². The van der Waals surface area contributed by atoms with E-state index in [1.54, 1.807) is 6.07 Å². The van der Waals surface area contributed by atoms with Crippen LogP contribution in [0.15, 0.2) is 24.3 Å². The first-order valence-corrected chi connectivity index (χ1v) is 14.7. The van der Waals surface area contributed by atoms with Crippen LogP contribution in [-0.4, -0.2) is 31.6 Å². The number of carbonyl (C=O) groups is 2. The molecule has 0 unspecified atom stereocenters. The highest BCUT2D eigenvalue weighted by Crippen LogP contribution is 2.20. The second-order valence-corrected chi connectivity index (χ2v) is 9.87. The predicted molar refractivity (Wildman–Crippen MR) is 150 cm³/mol. The molecule has 4 N–H and O–H groups in total. The monoisotopic (exact) mass is 503 g/mol. The van der Waals surface area contributed by atoms with Crippen LogP contribution in [0.1, 0.15) is 122 Å². The fourth-order valence-corrected chi connectivity index (χ4v) is 4.36. The lowest BCUT2D eigenvalue weighted by molar-refractivity contribution is -0.121. The summed E-state index contributed by atoms with van der Waals surface area (Å²) in [6, 6.07) is 7.32. The van der Waals surface area contributed by atoms with Gasteiger partial charge in [0.25, 0.3) is 0 Å². The largest absolute Gasteiger partial charge is 0.412 e. The van der Waals surface area contributed by atoms with E-state index in [9.17, 15) is 9.59 Å². The maximum atomic E-state index is 12.2. The molecule has 0 aliphatic carbocycles. The fourth-order valence-electron chi connectivity index (χ4n) is 4.36. The molecule has 0 fully saturated rings. The molecule has 36 heavy (non-hydrogen) atoms. The number of aryl methyl sites for hydroxylation is 1. The zero-order valence-corrected chi connectivity index (χ0v) is 23.0. The Kier molecular flexibility index (Phi) is 20.7. The number of nitrogens with one attached hydrogen (secondary N) is 2. The molecule has 0 saturated carbocycles. The average Bonchev–Trinajstić information content (AvgIpc) is 2.88. The standard InChI is InChI=1S/C30H53N3O3/c1-2-3-4-5-6-7-8-9-10-11-12-13-14-15-16-19-25-32-29(34)23-22-27-20-17-18-21-28(27)36-30(35)33-26-24-31/h17-18,20-21H,2-16,19,22-26,31H2,1H3,(H,32,34)(H,33,35). The molecular weight excluding hydrogens is 450 g/mol. The van der Waals surface area contributed by atoms with E-state index in [1.807, 2.05) is 18.2 Å². The van der Waals surface area contributed by atoms with Gasteiger partial charge in [-0.15, -0.1) is 0 Å². The van der Waals surface area contributed by atoms with Crippen molar-refractivity contribution >= 4 is 12.0 Å². The van der Waals surface area contributed by atoms with E-state index in [2.05, 4.69) is 17.6 Å². The molecule has 0 atom stereocenters. The van der Waals surface area contributed by atoms with Gasteiger partial charge in [-0.25, -0.2) is 4.79 Å². The molecule has 1 aromatic carbocycles. The highest BCUT2D eigenvalue weighted by atomic mass is 16.6. The molecule has 0 aliphatic rings. The molecule has 2 amide bonds. The number of benzene rings is 1. The quantitative estimate of drug-likeness (QED) is 0.140. The number of para-hydroxylation sites is 1. The third-order valence-corrected chi connectivity index (χ3v) is 6.56. The van der Waals surface area contributed by atoms with E-state index < -0.39 is 6.09 Å². The summed E-state index contributed by atoms with van der Waals surface area (Å²) in [5, 5.41) is 5.60. The van der Waals surface area contributed by atoms with Crippen molar-refractivity contribution in [1.29, 1.82) is 0 Å². The zero-order valence-electron chi connectivity index (χ0n) is 23.0. The lowest BCUT2D eigenvalue weighted by Gasteiger charge is -2.11. The van der Waals surface area contributed by atoms with Gasteiger partial charge < -0.3 is 21.1 Å². The van der Waals surface area contributed by atoms with Crippen molar-refractivity contribution in [2.75, 3.05) is 19.6 Å². The van der Waals surface area contributed by atoms with Gasteiger partial charge in [0.1, 0.15) is 5.75 Å². The summed E-state index contributed by atoms with van der Waals surface area (Å²) in [6.07, 6.45) is 21.9. The van der Waals surface area contributed by atoms with Crippen molar-refractivity contribution in [3.63, 3.8) is 0 Å². The minimum absolute atomic E-state index is 0.0401. The summed E-state index contributed by atoms with van der Waals surface area (Å²) in [4.78, 5) is 24.0. The Balaban J connectivity index is 1.95. The van der Waals surface area contributed by atoms with Gasteiger partial charge in [-0.05, 0) is 24.5 Å². The molecule has 1 rings (SSSR count). The highest BCUT2D eigenvalue weighted by Gasteiger charge is 2.10. The topological polar surface area (TPSA) is 93.4 Å². The molecule has 206 valence electrons. The third-order valence-electron chi connectivity index (χ3n) is 6.56.